The van der Waals surface area contributed by atoms with E-state index in [-0.39, 0.29) is 17.8 Å². The van der Waals surface area contributed by atoms with Gasteiger partial charge in [-0.2, -0.15) is 5.10 Å². The number of hydrogen-bond acceptors (Lipinski definition) is 4. The van der Waals surface area contributed by atoms with Gasteiger partial charge in [-0.05, 0) is 55.5 Å². The van der Waals surface area contributed by atoms with E-state index in [1.807, 2.05) is 33.9 Å². The number of halogens is 1. The van der Waals surface area contributed by atoms with Gasteiger partial charge in [0, 0.05) is 37.9 Å². The summed E-state index contributed by atoms with van der Waals surface area (Å²) >= 11 is 0. The molecule has 0 aliphatic carbocycles. The van der Waals surface area contributed by atoms with Crippen molar-refractivity contribution in [1.82, 2.24) is 19.5 Å². The monoisotopic (exact) mass is 393 g/mol. The van der Waals surface area contributed by atoms with Crippen LogP contribution in [0.1, 0.15) is 24.8 Å². The van der Waals surface area contributed by atoms with Crippen molar-refractivity contribution < 1.29 is 9.18 Å². The van der Waals surface area contributed by atoms with Gasteiger partial charge in [-0.3, -0.25) is 4.79 Å². The van der Waals surface area contributed by atoms with E-state index < -0.39 is 0 Å². The number of fused-ring (bicyclic) bond motifs is 2. The molecule has 0 radical (unpaired) electrons. The first kappa shape index (κ1) is 18.1. The first-order valence-electron chi connectivity index (χ1n) is 10.3. The zero-order valence-electron chi connectivity index (χ0n) is 16.2. The summed E-state index contributed by atoms with van der Waals surface area (Å²) in [5, 5.41) is 4.29. The largest absolute Gasteiger partial charge is 0.353 e. The minimum atomic E-state index is -0.324. The van der Waals surface area contributed by atoms with Gasteiger partial charge in [-0.1, -0.05) is 6.07 Å². The third-order valence-corrected chi connectivity index (χ3v) is 6.23. The summed E-state index contributed by atoms with van der Waals surface area (Å²) in [5.41, 5.74) is 2.42. The number of aryl methyl sites for hydroxylation is 1. The van der Waals surface area contributed by atoms with Crippen molar-refractivity contribution in [3.63, 3.8) is 0 Å². The fourth-order valence-electron chi connectivity index (χ4n) is 4.78. The molecule has 0 unspecified atom stereocenters. The predicted octanol–water partition coefficient (Wildman–Crippen LogP) is 2.93. The summed E-state index contributed by atoms with van der Waals surface area (Å²) in [6, 6.07) is 9.59. The van der Waals surface area contributed by atoms with Gasteiger partial charge in [-0.25, -0.2) is 13.9 Å². The summed E-state index contributed by atoms with van der Waals surface area (Å²) in [7, 11) is 0. The maximum atomic E-state index is 13.1. The molecule has 1 amide bonds. The number of carbonyl (C=O) groups is 1. The van der Waals surface area contributed by atoms with Gasteiger partial charge >= 0.3 is 0 Å². The van der Waals surface area contributed by atoms with Crippen LogP contribution in [-0.2, 0) is 11.2 Å². The molecule has 0 aromatic carbocycles. The van der Waals surface area contributed by atoms with E-state index in [1.54, 1.807) is 6.07 Å². The molecule has 0 bridgehead atoms. The lowest BCUT2D eigenvalue weighted by molar-refractivity contribution is -0.132. The lowest BCUT2D eigenvalue weighted by Gasteiger charge is -2.38. The Morgan fingerprint density at radius 1 is 1.17 bits per heavy atom. The molecule has 5 heterocycles. The summed E-state index contributed by atoms with van der Waals surface area (Å²) in [4.78, 5) is 21.3. The number of anilines is 1. The number of hydrogen-bond donors (Lipinski definition) is 0. The van der Waals surface area contributed by atoms with Crippen molar-refractivity contribution >= 4 is 17.2 Å². The average molecular weight is 393 g/mol. The molecule has 2 aliphatic heterocycles. The van der Waals surface area contributed by atoms with Crippen LogP contribution in [0.2, 0.25) is 0 Å². The Hall–Kier alpha value is -2.96. The second kappa shape index (κ2) is 7.46. The first-order valence-corrected chi connectivity index (χ1v) is 10.3. The zero-order chi connectivity index (χ0) is 19.8. The fraction of sp³-hybridized carbons (Fsp3) is 0.409. The van der Waals surface area contributed by atoms with Crippen molar-refractivity contribution in [1.29, 1.82) is 0 Å². The molecule has 3 aromatic heterocycles. The Kier molecular flexibility index (Phi) is 4.66. The normalized spacial score (nSPS) is 21.8. The van der Waals surface area contributed by atoms with Crippen molar-refractivity contribution in [2.45, 2.75) is 31.7 Å². The van der Waals surface area contributed by atoms with E-state index >= 15 is 0 Å². The van der Waals surface area contributed by atoms with Gasteiger partial charge in [0.2, 0.25) is 5.91 Å². The second-order valence-electron chi connectivity index (χ2n) is 7.99. The summed E-state index contributed by atoms with van der Waals surface area (Å²) in [6.45, 7) is 2.24. The van der Waals surface area contributed by atoms with E-state index in [0.717, 1.165) is 50.1 Å². The number of rotatable bonds is 5. The first-order chi connectivity index (χ1) is 14.2. The lowest BCUT2D eigenvalue weighted by atomic mass is 9.96. The molecule has 5 rings (SSSR count). The standard InChI is InChI=1S/C22H24FN5O/c23-18-6-7-21(24-14-18)26-11-12-27-19(15-26)13-17(22(27)29)4-1-3-16-5-2-10-28-20(16)8-9-25-28/h2,5-10,14,17,19H,1,3-4,11-13,15H2/t17-,19-/m0/s1. The minimum absolute atomic E-state index is 0.103. The highest BCUT2D eigenvalue weighted by atomic mass is 19.1. The SMILES string of the molecule is O=C1[C@@H](CCCc2cccn3nccc23)C[C@H]2CN(c3ccc(F)cn3)CCN12. The molecule has 0 saturated carbocycles. The number of amides is 1. The van der Waals surface area contributed by atoms with E-state index in [4.69, 9.17) is 0 Å². The second-order valence-corrected chi connectivity index (χ2v) is 7.99. The van der Waals surface area contributed by atoms with Gasteiger partial charge in [0.05, 0.1) is 17.8 Å². The lowest BCUT2D eigenvalue weighted by Crippen LogP contribution is -2.51. The molecule has 3 aromatic rings. The Morgan fingerprint density at radius 3 is 2.97 bits per heavy atom. The van der Waals surface area contributed by atoms with Gasteiger partial charge in [0.15, 0.2) is 0 Å². The third-order valence-electron chi connectivity index (χ3n) is 6.23. The van der Waals surface area contributed by atoms with E-state index in [0.29, 0.717) is 12.5 Å². The Morgan fingerprint density at radius 2 is 2.10 bits per heavy atom. The van der Waals surface area contributed by atoms with Crippen molar-refractivity contribution in [3.8, 4) is 0 Å². The van der Waals surface area contributed by atoms with Crippen molar-refractivity contribution in [3.05, 3.63) is 60.3 Å². The molecule has 7 heteroatoms. The molecule has 2 aliphatic rings. The molecule has 150 valence electrons. The average Bonchev–Trinajstić information content (AvgIpc) is 3.34. The number of carbonyl (C=O) groups excluding carboxylic acids is 1. The van der Waals surface area contributed by atoms with E-state index in [9.17, 15) is 9.18 Å². The maximum Gasteiger partial charge on any atom is 0.226 e. The van der Waals surface area contributed by atoms with Crippen LogP contribution in [-0.4, -0.2) is 51.1 Å². The van der Waals surface area contributed by atoms with Crippen LogP contribution in [0.5, 0.6) is 0 Å². The smallest absolute Gasteiger partial charge is 0.226 e. The summed E-state index contributed by atoms with van der Waals surface area (Å²) in [5.74, 6) is 0.862. The van der Waals surface area contributed by atoms with Crippen LogP contribution in [0.3, 0.4) is 0 Å². The molecule has 29 heavy (non-hydrogen) atoms. The van der Waals surface area contributed by atoms with E-state index in [2.05, 4.69) is 21.0 Å². The molecule has 2 fully saturated rings. The molecule has 6 nitrogen and oxygen atoms in total. The summed E-state index contributed by atoms with van der Waals surface area (Å²) < 4.78 is 15.0. The van der Waals surface area contributed by atoms with Crippen LogP contribution in [0.4, 0.5) is 10.2 Å². The fourth-order valence-corrected chi connectivity index (χ4v) is 4.78. The maximum absolute atomic E-state index is 13.1. The quantitative estimate of drug-likeness (QED) is 0.669. The van der Waals surface area contributed by atoms with Crippen LogP contribution in [0.25, 0.3) is 5.52 Å². The van der Waals surface area contributed by atoms with Gasteiger partial charge < -0.3 is 9.80 Å². The third kappa shape index (κ3) is 3.45. The molecular formula is C22H24FN5O. The molecule has 0 N–H and O–H groups in total. The van der Waals surface area contributed by atoms with Crippen molar-refractivity contribution in [2.24, 2.45) is 5.92 Å². The Bertz CT molecular complexity index is 1020. The summed E-state index contributed by atoms with van der Waals surface area (Å²) in [6.07, 6.45) is 8.79. The molecule has 0 spiro atoms. The molecule has 2 saturated heterocycles. The molecular weight excluding hydrogens is 369 g/mol. The van der Waals surface area contributed by atoms with Gasteiger partial charge in [0.1, 0.15) is 11.6 Å². The minimum Gasteiger partial charge on any atom is -0.353 e. The number of pyridine rings is 2. The highest BCUT2D eigenvalue weighted by Crippen LogP contribution is 2.32. The van der Waals surface area contributed by atoms with Crippen LogP contribution < -0.4 is 4.90 Å². The highest BCUT2D eigenvalue weighted by Gasteiger charge is 2.42. The van der Waals surface area contributed by atoms with Crippen molar-refractivity contribution in [2.75, 3.05) is 24.5 Å². The van der Waals surface area contributed by atoms with Crippen LogP contribution in [0.15, 0.2) is 48.9 Å². The topological polar surface area (TPSA) is 53.7 Å². The highest BCUT2D eigenvalue weighted by molar-refractivity contribution is 5.82. The predicted molar refractivity (Wildman–Crippen MR) is 108 cm³/mol. The van der Waals surface area contributed by atoms with Gasteiger partial charge in [-0.15, -0.1) is 0 Å². The van der Waals surface area contributed by atoms with Crippen LogP contribution in [0, 0.1) is 11.7 Å². The number of aromatic nitrogens is 3. The van der Waals surface area contributed by atoms with E-state index in [1.165, 1.54) is 17.8 Å². The number of piperazine rings is 1. The zero-order valence-corrected chi connectivity index (χ0v) is 16.2. The van der Waals surface area contributed by atoms with Gasteiger partial charge in [0.25, 0.3) is 0 Å². The molecule has 2 atom stereocenters. The Labute approximate surface area is 168 Å². The number of nitrogens with zero attached hydrogens (tertiary/aromatic N) is 5. The Balaban J connectivity index is 1.19. The van der Waals surface area contributed by atoms with Crippen LogP contribution >= 0.6 is 0 Å².